The van der Waals surface area contributed by atoms with Crippen LogP contribution in [0.5, 0.6) is 0 Å². The number of tetrazole rings is 1. The molecular weight excluding hydrogens is 540 g/mol. The molecule has 0 spiro atoms. The van der Waals surface area contributed by atoms with E-state index in [1.165, 1.54) is 0 Å². The van der Waals surface area contributed by atoms with Gasteiger partial charge in [-0.2, -0.15) is 5.21 Å². The number of amides is 2. The lowest BCUT2D eigenvalue weighted by molar-refractivity contribution is -0.143. The number of piperidine rings is 1. The minimum Gasteiger partial charge on any atom is -0.355 e. The number of nitrogens with one attached hydrogen (secondary N) is 1. The fraction of sp³-hybridized carbons (Fsp3) is 0.516. The Hall–Kier alpha value is -3.30. The minimum atomic E-state index is -0.932. The van der Waals surface area contributed by atoms with Gasteiger partial charge < -0.3 is 14.5 Å². The van der Waals surface area contributed by atoms with Crippen molar-refractivity contribution in [1.29, 1.82) is 0 Å². The number of benzene rings is 2. The van der Waals surface area contributed by atoms with E-state index in [0.29, 0.717) is 36.4 Å². The molecule has 218 valence electrons. The van der Waals surface area contributed by atoms with Crippen LogP contribution in [0, 0.1) is 25.2 Å². The van der Waals surface area contributed by atoms with Gasteiger partial charge in [0.1, 0.15) is 12.2 Å². The van der Waals surface area contributed by atoms with Crippen molar-refractivity contribution >= 4 is 29.1 Å². The highest BCUT2D eigenvalue weighted by Crippen LogP contribution is 2.42. The zero-order valence-electron chi connectivity index (χ0n) is 24.5. The van der Waals surface area contributed by atoms with Gasteiger partial charge in [-0.15, -0.1) is 10.2 Å². The summed E-state index contributed by atoms with van der Waals surface area (Å²) in [7, 11) is 0. The first-order valence-electron chi connectivity index (χ1n) is 14.3. The number of ether oxygens (including phenoxy) is 1. The third kappa shape index (κ3) is 6.62. The van der Waals surface area contributed by atoms with Gasteiger partial charge in [0, 0.05) is 42.3 Å². The van der Waals surface area contributed by atoms with Crippen molar-refractivity contribution in [3.63, 3.8) is 0 Å². The zero-order chi connectivity index (χ0) is 29.3. The predicted octanol–water partition coefficient (Wildman–Crippen LogP) is 5.21. The van der Waals surface area contributed by atoms with E-state index >= 15 is 0 Å². The summed E-state index contributed by atoms with van der Waals surface area (Å²) >= 11 is 6.52. The predicted molar refractivity (Wildman–Crippen MR) is 158 cm³/mol. The third-order valence-electron chi connectivity index (χ3n) is 8.15. The molecule has 1 aromatic heterocycles. The lowest BCUT2D eigenvalue weighted by Crippen LogP contribution is -2.46. The molecule has 0 radical (unpaired) electrons. The highest BCUT2D eigenvalue weighted by Gasteiger charge is 2.40. The zero-order valence-corrected chi connectivity index (χ0v) is 25.2. The van der Waals surface area contributed by atoms with Crippen molar-refractivity contribution in [2.75, 3.05) is 24.5 Å². The summed E-state index contributed by atoms with van der Waals surface area (Å²) in [4.78, 5) is 31.5. The summed E-state index contributed by atoms with van der Waals surface area (Å²) < 4.78 is 6.70. The number of nitrogens with zero attached hydrogens (tertiary/aromatic N) is 5. The maximum absolute atomic E-state index is 14.2. The molecule has 2 atom stereocenters. The monoisotopic (exact) mass is 578 g/mol. The second-order valence-corrected chi connectivity index (χ2v) is 13.0. The van der Waals surface area contributed by atoms with E-state index < -0.39 is 12.2 Å². The molecule has 0 aliphatic carbocycles. The number of anilines is 1. The molecule has 2 aliphatic heterocycles. The molecule has 2 aromatic carbocycles. The smallest absolute Gasteiger partial charge is 0.256 e. The molecule has 0 unspecified atom stereocenters. The van der Waals surface area contributed by atoms with Gasteiger partial charge in [-0.3, -0.25) is 9.59 Å². The Bertz CT molecular complexity index is 1400. The van der Waals surface area contributed by atoms with Crippen molar-refractivity contribution in [2.24, 2.45) is 11.3 Å². The SMILES string of the molecule is Cc1cccc([C@H]2O[C@H](CC(=O)N3CCC(Cc4nn[nH]n4)CC3)C(=O)N(CC(C)(C)C)c3ccc(Cl)cc32)c1C. The van der Waals surface area contributed by atoms with Crippen LogP contribution in [0.3, 0.4) is 0 Å². The molecule has 0 bridgehead atoms. The Kier molecular flexibility index (Phi) is 8.47. The molecule has 2 aliphatic rings. The number of aromatic amines is 1. The summed E-state index contributed by atoms with van der Waals surface area (Å²) in [6, 6.07) is 11.7. The van der Waals surface area contributed by atoms with Crippen molar-refractivity contribution in [1.82, 2.24) is 25.5 Å². The summed E-state index contributed by atoms with van der Waals surface area (Å²) in [6.45, 7) is 12.2. The van der Waals surface area contributed by atoms with Gasteiger partial charge in [-0.05, 0) is 72.9 Å². The number of halogens is 1. The first kappa shape index (κ1) is 29.2. The molecule has 5 rings (SSSR count). The number of fused-ring (bicyclic) bond motifs is 1. The number of aryl methyl sites for hydroxylation is 1. The number of aromatic nitrogens is 4. The third-order valence-corrected chi connectivity index (χ3v) is 8.39. The van der Waals surface area contributed by atoms with Crippen LogP contribution in [0.1, 0.15) is 74.2 Å². The summed E-state index contributed by atoms with van der Waals surface area (Å²) in [5.41, 5.74) is 4.63. The number of H-pyrrole nitrogens is 1. The number of likely N-dealkylation sites (tertiary alicyclic amines) is 1. The van der Waals surface area contributed by atoms with Crippen molar-refractivity contribution < 1.29 is 14.3 Å². The van der Waals surface area contributed by atoms with Crippen LogP contribution in [0.4, 0.5) is 5.69 Å². The van der Waals surface area contributed by atoms with Gasteiger partial charge in [0.15, 0.2) is 5.82 Å². The molecule has 1 saturated heterocycles. The average Bonchev–Trinajstić information content (AvgIpc) is 3.41. The van der Waals surface area contributed by atoms with E-state index in [-0.39, 0.29) is 23.7 Å². The fourth-order valence-electron chi connectivity index (χ4n) is 5.84. The fourth-order valence-corrected chi connectivity index (χ4v) is 6.02. The molecule has 10 heteroatoms. The highest BCUT2D eigenvalue weighted by molar-refractivity contribution is 6.30. The summed E-state index contributed by atoms with van der Waals surface area (Å²) in [5, 5.41) is 14.8. The van der Waals surface area contributed by atoms with Gasteiger partial charge >= 0.3 is 0 Å². The molecular formula is C31H39ClN6O3. The lowest BCUT2D eigenvalue weighted by Gasteiger charge is -2.34. The quantitative estimate of drug-likeness (QED) is 0.431. The van der Waals surface area contributed by atoms with E-state index in [4.69, 9.17) is 16.3 Å². The molecule has 0 saturated carbocycles. The van der Waals surface area contributed by atoms with E-state index in [1.807, 2.05) is 35.2 Å². The highest BCUT2D eigenvalue weighted by atomic mass is 35.5. The Morgan fingerprint density at radius 2 is 1.88 bits per heavy atom. The minimum absolute atomic E-state index is 0.0158. The van der Waals surface area contributed by atoms with E-state index in [0.717, 1.165) is 47.2 Å². The maximum Gasteiger partial charge on any atom is 0.256 e. The Morgan fingerprint density at radius 1 is 1.12 bits per heavy atom. The Morgan fingerprint density at radius 3 is 2.56 bits per heavy atom. The second-order valence-electron chi connectivity index (χ2n) is 12.5. The normalized spacial score (nSPS) is 20.2. The Balaban J connectivity index is 1.43. The van der Waals surface area contributed by atoms with Gasteiger partial charge in [0.05, 0.1) is 6.42 Å². The van der Waals surface area contributed by atoms with Crippen LogP contribution in [-0.4, -0.2) is 63.1 Å². The van der Waals surface area contributed by atoms with Gasteiger partial charge in [-0.1, -0.05) is 55.8 Å². The van der Waals surface area contributed by atoms with Crippen LogP contribution in [-0.2, 0) is 20.7 Å². The van der Waals surface area contributed by atoms with Crippen LogP contribution in [0.2, 0.25) is 5.02 Å². The molecule has 2 amide bonds. The number of hydrogen-bond donors (Lipinski definition) is 1. The van der Waals surface area contributed by atoms with Crippen LogP contribution in [0.15, 0.2) is 36.4 Å². The first-order chi connectivity index (χ1) is 19.5. The van der Waals surface area contributed by atoms with Crippen molar-refractivity contribution in [3.05, 3.63) is 69.5 Å². The number of rotatable bonds is 6. The van der Waals surface area contributed by atoms with E-state index in [1.54, 1.807) is 4.90 Å². The molecule has 1 fully saturated rings. The Labute approximate surface area is 246 Å². The number of hydrogen-bond acceptors (Lipinski definition) is 6. The number of carbonyl (C=O) groups is 2. The maximum atomic E-state index is 14.2. The van der Waals surface area contributed by atoms with Gasteiger partial charge in [0.25, 0.3) is 5.91 Å². The standard InChI is InChI=1S/C31H39ClN6O3/c1-19-7-6-8-23(20(19)2)29-24-16-22(32)9-10-25(24)38(18-31(3,4)5)30(40)26(41-29)17-28(39)37-13-11-21(12-14-37)15-27-33-35-36-34-27/h6-10,16,21,26,29H,11-15,17-18H2,1-5H3,(H,33,34,35,36)/t26-,29-/m1/s1. The second kappa shape index (κ2) is 11.9. The molecule has 9 nitrogen and oxygen atoms in total. The van der Waals surface area contributed by atoms with Gasteiger partial charge in [-0.25, -0.2) is 0 Å². The van der Waals surface area contributed by atoms with E-state index in [9.17, 15) is 9.59 Å². The van der Waals surface area contributed by atoms with Gasteiger partial charge in [0.2, 0.25) is 5.91 Å². The molecule has 3 aromatic rings. The van der Waals surface area contributed by atoms with E-state index in [2.05, 4.69) is 61.3 Å². The number of carbonyl (C=O) groups excluding carboxylic acids is 2. The van der Waals surface area contributed by atoms with Crippen molar-refractivity contribution in [2.45, 2.75) is 72.5 Å². The van der Waals surface area contributed by atoms with Crippen LogP contribution in [0.25, 0.3) is 0 Å². The topological polar surface area (TPSA) is 104 Å². The first-order valence-corrected chi connectivity index (χ1v) is 14.7. The summed E-state index contributed by atoms with van der Waals surface area (Å²) in [5.74, 6) is 0.823. The molecule has 41 heavy (non-hydrogen) atoms. The van der Waals surface area contributed by atoms with Crippen LogP contribution < -0.4 is 4.90 Å². The van der Waals surface area contributed by atoms with Crippen molar-refractivity contribution in [3.8, 4) is 0 Å². The lowest BCUT2D eigenvalue weighted by atomic mass is 9.92. The average molecular weight is 579 g/mol. The van der Waals surface area contributed by atoms with Crippen LogP contribution >= 0.6 is 11.6 Å². The largest absolute Gasteiger partial charge is 0.355 e. The molecule has 1 N–H and O–H groups in total. The summed E-state index contributed by atoms with van der Waals surface area (Å²) in [6.07, 6.45) is 0.950. The molecule has 3 heterocycles.